The molecule has 0 fully saturated rings. The van der Waals surface area contributed by atoms with E-state index in [1.165, 1.54) is 12.1 Å². The second-order valence-corrected chi connectivity index (χ2v) is 4.13. The molecule has 0 saturated heterocycles. The molecule has 2 aromatic carbocycles. The number of rotatable bonds is 2. The van der Waals surface area contributed by atoms with Crippen LogP contribution >= 0.6 is 0 Å². The number of aromatic amines is 1. The zero-order chi connectivity index (χ0) is 13.2. The van der Waals surface area contributed by atoms with Crippen LogP contribution in [0, 0.1) is 0 Å². The highest BCUT2D eigenvalue weighted by Crippen LogP contribution is 2.22. The molecule has 1 aromatic heterocycles. The Morgan fingerprint density at radius 1 is 1.11 bits per heavy atom. The van der Waals surface area contributed by atoms with Gasteiger partial charge in [-0.15, -0.1) is 0 Å². The molecular formula is C15H11NO3. The smallest absolute Gasteiger partial charge is 0.347 e. The van der Waals surface area contributed by atoms with E-state index in [9.17, 15) is 9.90 Å². The van der Waals surface area contributed by atoms with Gasteiger partial charge in [0.05, 0.1) is 0 Å². The Labute approximate surface area is 109 Å². The first-order chi connectivity index (χ1) is 9.24. The van der Waals surface area contributed by atoms with Crippen LogP contribution in [0.5, 0.6) is 11.5 Å². The summed E-state index contributed by atoms with van der Waals surface area (Å²) in [6.45, 7) is 0. The van der Waals surface area contributed by atoms with Crippen LogP contribution in [0.15, 0.2) is 54.7 Å². The largest absolute Gasteiger partial charge is 0.507 e. The van der Waals surface area contributed by atoms with E-state index in [2.05, 4.69) is 4.98 Å². The van der Waals surface area contributed by atoms with Gasteiger partial charge in [-0.3, -0.25) is 0 Å². The average Bonchev–Trinajstić information content (AvgIpc) is 2.86. The summed E-state index contributed by atoms with van der Waals surface area (Å²) in [7, 11) is 0. The van der Waals surface area contributed by atoms with Gasteiger partial charge in [0, 0.05) is 17.1 Å². The molecule has 3 aromatic rings. The zero-order valence-corrected chi connectivity index (χ0v) is 9.96. The van der Waals surface area contributed by atoms with E-state index in [0.29, 0.717) is 5.75 Å². The molecule has 0 aliphatic carbocycles. The summed E-state index contributed by atoms with van der Waals surface area (Å²) in [5.74, 6) is -0.219. The Morgan fingerprint density at radius 2 is 1.95 bits per heavy atom. The maximum atomic E-state index is 11.9. The Morgan fingerprint density at radius 3 is 2.79 bits per heavy atom. The second kappa shape index (κ2) is 4.49. The van der Waals surface area contributed by atoms with Crippen LogP contribution in [0.4, 0.5) is 0 Å². The van der Waals surface area contributed by atoms with Crippen LogP contribution in [-0.4, -0.2) is 16.1 Å². The summed E-state index contributed by atoms with van der Waals surface area (Å²) in [6.07, 6.45) is 1.82. The van der Waals surface area contributed by atoms with Crippen molar-refractivity contribution in [1.82, 2.24) is 4.98 Å². The van der Waals surface area contributed by atoms with Crippen molar-refractivity contribution in [1.29, 1.82) is 0 Å². The van der Waals surface area contributed by atoms with Crippen LogP contribution in [0.3, 0.4) is 0 Å². The molecule has 0 amide bonds. The van der Waals surface area contributed by atoms with Gasteiger partial charge in [0.1, 0.15) is 17.1 Å². The number of nitrogens with one attached hydrogen (secondary N) is 1. The fourth-order valence-corrected chi connectivity index (χ4v) is 1.90. The molecule has 2 N–H and O–H groups in total. The normalized spacial score (nSPS) is 10.5. The number of phenols is 1. The summed E-state index contributed by atoms with van der Waals surface area (Å²) in [4.78, 5) is 15.0. The quantitative estimate of drug-likeness (QED) is 0.545. The predicted octanol–water partition coefficient (Wildman–Crippen LogP) is 3.09. The standard InChI is InChI=1S/C15H11NO3/c17-14-4-2-1-3-12(14)15(18)19-11-5-6-13-10(9-11)7-8-16-13/h1-9,16-17H. The molecule has 0 atom stereocenters. The zero-order valence-electron chi connectivity index (χ0n) is 9.96. The molecule has 0 aliphatic rings. The van der Waals surface area contributed by atoms with Crippen molar-refractivity contribution in [2.24, 2.45) is 0 Å². The van der Waals surface area contributed by atoms with E-state index in [1.807, 2.05) is 18.3 Å². The fraction of sp³-hybridized carbons (Fsp3) is 0. The number of aromatic nitrogens is 1. The summed E-state index contributed by atoms with van der Waals surface area (Å²) < 4.78 is 5.25. The third-order valence-electron chi connectivity index (χ3n) is 2.86. The molecule has 94 valence electrons. The maximum absolute atomic E-state index is 11.9. The molecule has 19 heavy (non-hydrogen) atoms. The summed E-state index contributed by atoms with van der Waals surface area (Å²) in [6, 6.07) is 13.5. The van der Waals surface area contributed by atoms with Gasteiger partial charge in [-0.05, 0) is 36.4 Å². The summed E-state index contributed by atoms with van der Waals surface area (Å²) >= 11 is 0. The number of carbonyl (C=O) groups is 1. The number of phenolic OH excluding ortho intramolecular Hbond substituents is 1. The summed E-state index contributed by atoms with van der Waals surface area (Å²) in [5.41, 5.74) is 1.12. The van der Waals surface area contributed by atoms with Crippen molar-refractivity contribution in [2.75, 3.05) is 0 Å². The van der Waals surface area contributed by atoms with Crippen molar-refractivity contribution in [3.05, 3.63) is 60.3 Å². The molecular weight excluding hydrogens is 242 g/mol. The number of para-hydroxylation sites is 1. The minimum atomic E-state index is -0.576. The van der Waals surface area contributed by atoms with Crippen LogP contribution in [0.2, 0.25) is 0 Å². The average molecular weight is 253 g/mol. The lowest BCUT2D eigenvalue weighted by Crippen LogP contribution is -2.08. The molecule has 4 nitrogen and oxygen atoms in total. The number of fused-ring (bicyclic) bond motifs is 1. The number of hydrogen-bond acceptors (Lipinski definition) is 3. The number of esters is 1. The molecule has 0 saturated carbocycles. The number of carbonyl (C=O) groups excluding carboxylic acids is 1. The maximum Gasteiger partial charge on any atom is 0.347 e. The number of benzene rings is 2. The number of aromatic hydroxyl groups is 1. The van der Waals surface area contributed by atoms with E-state index in [1.54, 1.807) is 24.3 Å². The van der Waals surface area contributed by atoms with Gasteiger partial charge in [0.15, 0.2) is 0 Å². The predicted molar refractivity (Wildman–Crippen MR) is 71.4 cm³/mol. The van der Waals surface area contributed by atoms with E-state index in [4.69, 9.17) is 4.74 Å². The first-order valence-corrected chi connectivity index (χ1v) is 5.81. The Bertz CT molecular complexity index is 746. The molecule has 0 bridgehead atoms. The Kier molecular flexibility index (Phi) is 2.68. The Hall–Kier alpha value is -2.75. The molecule has 0 unspecified atom stereocenters. The number of ether oxygens (including phenoxy) is 1. The van der Waals surface area contributed by atoms with Gasteiger partial charge >= 0.3 is 5.97 Å². The lowest BCUT2D eigenvalue weighted by Gasteiger charge is -2.05. The van der Waals surface area contributed by atoms with Crippen molar-refractivity contribution in [3.63, 3.8) is 0 Å². The topological polar surface area (TPSA) is 62.3 Å². The number of hydrogen-bond donors (Lipinski definition) is 2. The molecule has 0 spiro atoms. The van der Waals surface area contributed by atoms with Crippen LogP contribution in [0.1, 0.15) is 10.4 Å². The second-order valence-electron chi connectivity index (χ2n) is 4.13. The third kappa shape index (κ3) is 2.15. The minimum Gasteiger partial charge on any atom is -0.507 e. The Balaban J connectivity index is 1.88. The molecule has 0 radical (unpaired) electrons. The highest BCUT2D eigenvalue weighted by Gasteiger charge is 2.12. The van der Waals surface area contributed by atoms with E-state index < -0.39 is 5.97 Å². The van der Waals surface area contributed by atoms with Crippen molar-refractivity contribution >= 4 is 16.9 Å². The van der Waals surface area contributed by atoms with E-state index in [0.717, 1.165) is 10.9 Å². The van der Waals surface area contributed by atoms with E-state index in [-0.39, 0.29) is 11.3 Å². The van der Waals surface area contributed by atoms with Gasteiger partial charge in [-0.2, -0.15) is 0 Å². The van der Waals surface area contributed by atoms with E-state index >= 15 is 0 Å². The van der Waals surface area contributed by atoms with Crippen LogP contribution in [0.25, 0.3) is 10.9 Å². The molecule has 4 heteroatoms. The number of H-pyrrole nitrogens is 1. The van der Waals surface area contributed by atoms with Gasteiger partial charge in [-0.1, -0.05) is 12.1 Å². The monoisotopic (exact) mass is 253 g/mol. The first kappa shape index (κ1) is 11.3. The molecule has 0 aliphatic heterocycles. The van der Waals surface area contributed by atoms with Gasteiger partial charge in [-0.25, -0.2) is 4.79 Å². The lowest BCUT2D eigenvalue weighted by atomic mass is 10.2. The minimum absolute atomic E-state index is 0.0878. The van der Waals surface area contributed by atoms with Gasteiger partial charge in [0.25, 0.3) is 0 Å². The van der Waals surface area contributed by atoms with Crippen molar-refractivity contribution in [3.8, 4) is 11.5 Å². The highest BCUT2D eigenvalue weighted by molar-refractivity contribution is 5.94. The first-order valence-electron chi connectivity index (χ1n) is 5.81. The third-order valence-corrected chi connectivity index (χ3v) is 2.86. The molecule has 1 heterocycles. The van der Waals surface area contributed by atoms with Gasteiger partial charge < -0.3 is 14.8 Å². The summed E-state index contributed by atoms with van der Waals surface area (Å²) in [5, 5.41) is 10.6. The van der Waals surface area contributed by atoms with Crippen LogP contribution < -0.4 is 4.74 Å². The SMILES string of the molecule is O=C(Oc1ccc2[nH]ccc2c1)c1ccccc1O. The van der Waals surface area contributed by atoms with Crippen molar-refractivity contribution < 1.29 is 14.6 Å². The van der Waals surface area contributed by atoms with Crippen molar-refractivity contribution in [2.45, 2.75) is 0 Å². The van der Waals surface area contributed by atoms with Gasteiger partial charge in [0.2, 0.25) is 0 Å². The lowest BCUT2D eigenvalue weighted by molar-refractivity contribution is 0.0732. The molecule has 3 rings (SSSR count). The highest BCUT2D eigenvalue weighted by atomic mass is 16.5. The fourth-order valence-electron chi connectivity index (χ4n) is 1.90. The van der Waals surface area contributed by atoms with Crippen LogP contribution in [-0.2, 0) is 0 Å².